The Balaban J connectivity index is 0.000000579. The van der Waals surface area contributed by atoms with Gasteiger partial charge in [0.15, 0.2) is 0 Å². The van der Waals surface area contributed by atoms with Gasteiger partial charge in [0.25, 0.3) is 0 Å². The Kier molecular flexibility index (Phi) is 34.7. The highest BCUT2D eigenvalue weighted by molar-refractivity contribution is 5.97. The third-order valence-electron chi connectivity index (χ3n) is 12.0. The van der Waals surface area contributed by atoms with Gasteiger partial charge < -0.3 is 38.0 Å². The minimum Gasteiger partial charge on any atom is -0.490 e. The van der Waals surface area contributed by atoms with E-state index in [1.807, 2.05) is 174 Å². The van der Waals surface area contributed by atoms with Crippen LogP contribution in [0.1, 0.15) is 155 Å². The largest absolute Gasteiger partial charge is 0.490 e. The summed E-state index contributed by atoms with van der Waals surface area (Å²) in [6.45, 7) is 36.4. The summed E-state index contributed by atoms with van der Waals surface area (Å²) in [5.74, 6) is 3.51. The summed E-state index contributed by atoms with van der Waals surface area (Å²) in [6, 6.07) is 16.5. The van der Waals surface area contributed by atoms with E-state index in [0.29, 0.717) is 26.4 Å². The number of rotatable bonds is 22. The summed E-state index contributed by atoms with van der Waals surface area (Å²) in [6.07, 6.45) is 16.8. The van der Waals surface area contributed by atoms with Gasteiger partial charge in [-0.25, -0.2) is 4.98 Å². The lowest BCUT2D eigenvalue weighted by Crippen LogP contribution is -2.06. The fourth-order valence-electron chi connectivity index (χ4n) is 8.21. The van der Waals surface area contributed by atoms with E-state index < -0.39 is 0 Å². The van der Waals surface area contributed by atoms with E-state index in [0.717, 1.165) is 92.6 Å². The zero-order valence-electron chi connectivity index (χ0n) is 53.4. The van der Waals surface area contributed by atoms with E-state index in [2.05, 4.69) is 94.7 Å². The number of aryl methyl sites for hydroxylation is 9. The van der Waals surface area contributed by atoms with Crippen molar-refractivity contribution in [3.8, 4) is 23.0 Å². The predicted octanol–water partition coefficient (Wildman–Crippen LogP) is 14.5. The van der Waals surface area contributed by atoms with Crippen molar-refractivity contribution in [3.63, 3.8) is 0 Å². The summed E-state index contributed by atoms with van der Waals surface area (Å²) in [4.78, 5) is 18.7. The second kappa shape index (κ2) is 39.5. The number of aromatic nitrogens is 6. The summed E-state index contributed by atoms with van der Waals surface area (Å²) in [5.41, 5.74) is 16.7. The van der Waals surface area contributed by atoms with Crippen LogP contribution in [0.3, 0.4) is 0 Å². The van der Waals surface area contributed by atoms with Crippen molar-refractivity contribution >= 4 is 17.6 Å². The average Bonchev–Trinajstić information content (AvgIpc) is 4.16. The standard InChI is InChI=1S/2C20H27N3O2.C19H25N3O3.3C2H6/c2*1-7-8-9-25-18-10-14(2)19(15(3)11-18)12-17-13-20(23(5)21-17)16(4)22-24-6;1-6-7-8-24-16-9-14(2)19(15(3)10-16)25-12-18-17(11-21-23-5)20-13-22(18)4;3*1-2/h2*7-8,10-11,13H,9,12H2,1-6H3;6-7,9-11,13H,8,12H2,1-5H3;3*1-2H3/b2*8-7+,22-16?;7-6+,21-11?;;;. The van der Waals surface area contributed by atoms with E-state index in [1.54, 1.807) is 26.8 Å². The van der Waals surface area contributed by atoms with Gasteiger partial charge in [-0.2, -0.15) is 10.2 Å². The lowest BCUT2D eigenvalue weighted by molar-refractivity contribution is 0.213. The molecule has 0 aliphatic carbocycles. The second-order valence-corrected chi connectivity index (χ2v) is 17.9. The highest BCUT2D eigenvalue weighted by Crippen LogP contribution is 2.30. The van der Waals surface area contributed by atoms with Crippen LogP contribution in [0, 0.1) is 41.5 Å². The van der Waals surface area contributed by atoms with Crippen molar-refractivity contribution in [2.45, 2.75) is 137 Å². The Hall–Kier alpha value is -7.88. The van der Waals surface area contributed by atoms with Crippen molar-refractivity contribution in [3.05, 3.63) is 170 Å². The van der Waals surface area contributed by atoms with Crippen LogP contribution in [-0.2, 0) is 55.1 Å². The van der Waals surface area contributed by atoms with Gasteiger partial charge in [-0.05, 0) is 169 Å². The molecule has 0 amide bonds. The monoisotopic (exact) mass is 1120 g/mol. The lowest BCUT2D eigenvalue weighted by atomic mass is 9.98. The van der Waals surface area contributed by atoms with Crippen LogP contribution in [0.25, 0.3) is 0 Å². The molecule has 6 aromatic rings. The number of hydrogen-bond acceptors (Lipinski definition) is 13. The topological polar surface area (TPSA) is 155 Å². The highest BCUT2D eigenvalue weighted by Gasteiger charge is 2.16. The molecule has 16 nitrogen and oxygen atoms in total. The van der Waals surface area contributed by atoms with Gasteiger partial charge >= 0.3 is 0 Å². The van der Waals surface area contributed by atoms with Crippen molar-refractivity contribution < 1.29 is 33.5 Å². The third kappa shape index (κ3) is 23.4. The molecular formula is C65H97N9O7. The first-order valence-electron chi connectivity index (χ1n) is 27.9. The Morgan fingerprint density at radius 1 is 0.506 bits per heavy atom. The van der Waals surface area contributed by atoms with E-state index >= 15 is 0 Å². The van der Waals surface area contributed by atoms with Gasteiger partial charge in [-0.1, -0.05) is 93.5 Å². The fourth-order valence-corrected chi connectivity index (χ4v) is 8.21. The molecule has 0 spiro atoms. The van der Waals surface area contributed by atoms with E-state index in [4.69, 9.17) is 33.5 Å². The number of allylic oxidation sites excluding steroid dienone is 3. The molecule has 16 heteroatoms. The van der Waals surface area contributed by atoms with Crippen LogP contribution >= 0.6 is 0 Å². The van der Waals surface area contributed by atoms with E-state index in [9.17, 15) is 0 Å². The Bertz CT molecular complexity index is 2770. The molecule has 0 aliphatic rings. The number of ether oxygens (including phenoxy) is 4. The Morgan fingerprint density at radius 2 is 0.864 bits per heavy atom. The molecule has 0 fully saturated rings. The molecule has 3 aromatic heterocycles. The average molecular weight is 1120 g/mol. The quantitative estimate of drug-likeness (QED) is 0.0364. The number of nitrogens with zero attached hydrogens (tertiary/aromatic N) is 9. The van der Waals surface area contributed by atoms with Crippen molar-refractivity contribution in [1.82, 2.24) is 29.1 Å². The highest BCUT2D eigenvalue weighted by atomic mass is 16.6. The molecular weight excluding hydrogens is 1020 g/mol. The van der Waals surface area contributed by atoms with Crippen molar-refractivity contribution in [2.24, 2.45) is 36.6 Å². The van der Waals surface area contributed by atoms with Crippen LogP contribution in [0.4, 0.5) is 0 Å². The lowest BCUT2D eigenvalue weighted by Gasteiger charge is -2.15. The SMILES string of the molecule is C/C=C/COc1cc(C)c(Cc2cc(C(C)=NOC)n(C)n2)c(C)c1.C/C=C/COc1cc(C)c(Cc2cc(C(C)=NOC)n(C)n2)c(C)c1.C/C=C/COc1cc(C)c(OCc2c(C=NOC)ncn2C)c(C)c1.CC.CC.CC. The molecule has 0 unspecified atom stereocenters. The van der Waals surface area contributed by atoms with Crippen LogP contribution in [-0.4, -0.2) is 87.9 Å². The van der Waals surface area contributed by atoms with Crippen LogP contribution in [0.15, 0.2) is 107 Å². The predicted molar refractivity (Wildman–Crippen MR) is 335 cm³/mol. The zero-order chi connectivity index (χ0) is 61.0. The Morgan fingerprint density at radius 3 is 1.20 bits per heavy atom. The van der Waals surface area contributed by atoms with Gasteiger partial charge in [0.05, 0.1) is 41.0 Å². The summed E-state index contributed by atoms with van der Waals surface area (Å²) < 4.78 is 28.9. The Labute approximate surface area is 486 Å². The normalized spacial score (nSPS) is 11.1. The number of imidazole rings is 1. The first-order chi connectivity index (χ1) is 39.0. The summed E-state index contributed by atoms with van der Waals surface area (Å²) in [7, 11) is 10.4. The molecule has 444 valence electrons. The molecule has 0 atom stereocenters. The van der Waals surface area contributed by atoms with Crippen molar-refractivity contribution in [2.75, 3.05) is 41.2 Å². The molecule has 3 heterocycles. The van der Waals surface area contributed by atoms with Crippen LogP contribution in [0.2, 0.25) is 0 Å². The number of oxime groups is 3. The first-order valence-corrected chi connectivity index (χ1v) is 27.9. The van der Waals surface area contributed by atoms with Gasteiger partial charge in [-0.15, -0.1) is 0 Å². The van der Waals surface area contributed by atoms with E-state index in [1.165, 1.54) is 40.5 Å². The molecule has 6 rings (SSSR count). The molecule has 3 aromatic carbocycles. The molecule has 81 heavy (non-hydrogen) atoms. The van der Waals surface area contributed by atoms with Gasteiger partial charge in [-0.3, -0.25) is 9.36 Å². The second-order valence-electron chi connectivity index (χ2n) is 17.9. The van der Waals surface area contributed by atoms with E-state index in [-0.39, 0.29) is 0 Å². The third-order valence-corrected chi connectivity index (χ3v) is 12.0. The smallest absolute Gasteiger partial charge is 0.131 e. The maximum atomic E-state index is 6.06. The molecule has 0 radical (unpaired) electrons. The van der Waals surface area contributed by atoms with Gasteiger partial charge in [0, 0.05) is 34.0 Å². The number of hydrogen-bond donors (Lipinski definition) is 0. The summed E-state index contributed by atoms with van der Waals surface area (Å²) >= 11 is 0. The van der Waals surface area contributed by atoms with Crippen LogP contribution < -0.4 is 18.9 Å². The number of benzene rings is 3. The minimum atomic E-state index is 0.391. The maximum Gasteiger partial charge on any atom is 0.131 e. The summed E-state index contributed by atoms with van der Waals surface area (Å²) in [5, 5.41) is 21.0. The minimum absolute atomic E-state index is 0.391. The first kappa shape index (κ1) is 71.1. The molecule has 0 saturated carbocycles. The van der Waals surface area contributed by atoms with Gasteiger partial charge in [0.1, 0.15) is 87.9 Å². The molecule has 0 saturated heterocycles. The maximum absolute atomic E-state index is 6.06. The zero-order valence-corrected chi connectivity index (χ0v) is 53.4. The molecule has 0 bridgehead atoms. The molecule has 0 aliphatic heterocycles. The molecule has 0 N–H and O–H groups in total. The van der Waals surface area contributed by atoms with Crippen molar-refractivity contribution in [1.29, 1.82) is 0 Å². The van der Waals surface area contributed by atoms with Gasteiger partial charge in [0.2, 0.25) is 0 Å². The fraction of sp³-hybridized carbons (Fsp3) is 0.446. The van der Waals surface area contributed by atoms with Crippen LogP contribution in [0.5, 0.6) is 23.0 Å².